The monoisotopic (exact) mass is 920 g/mol. The van der Waals surface area contributed by atoms with Gasteiger partial charge in [-0.05, 0) is 89.9 Å². The van der Waals surface area contributed by atoms with Crippen LogP contribution in [0.15, 0.2) is 122 Å². The minimum atomic E-state index is -1.56. The van der Waals surface area contributed by atoms with E-state index >= 15 is 0 Å². The van der Waals surface area contributed by atoms with Crippen LogP contribution in [-0.2, 0) is 14.3 Å². The van der Waals surface area contributed by atoms with Crippen molar-refractivity contribution in [3.63, 3.8) is 0 Å². The van der Waals surface area contributed by atoms with E-state index in [9.17, 15) is 30.3 Å². The maximum absolute atomic E-state index is 12.9. The Kier molecular flexibility index (Phi) is 41.7. The normalized spacial score (nSPS) is 20.9. The summed E-state index contributed by atoms with van der Waals surface area (Å²) < 4.78 is 11.2. The van der Waals surface area contributed by atoms with E-state index in [4.69, 9.17) is 9.47 Å². The van der Waals surface area contributed by atoms with Crippen molar-refractivity contribution < 1.29 is 39.8 Å². The number of allylic oxidation sites excluding steroid dienone is 20. The molecule has 66 heavy (non-hydrogen) atoms. The predicted molar refractivity (Wildman–Crippen MR) is 276 cm³/mol. The first-order valence-electron chi connectivity index (χ1n) is 25.7. The number of ether oxygens (including phenoxy) is 2. The zero-order valence-corrected chi connectivity index (χ0v) is 41.1. The van der Waals surface area contributed by atoms with E-state index < -0.39 is 49.5 Å². The van der Waals surface area contributed by atoms with Crippen molar-refractivity contribution in [2.24, 2.45) is 0 Å². The SMILES string of the molecule is CC/C=C\C/C=C\C/C=C\C/C=C\C/C=C\C/C=C\C/C=C\C/C=C\C/C=C\C/C=C\CCCCCCCCC(=O)NC(COC1OC(CO)C(O)C(O)C1O)C(O)CCCCCCCC. The zero-order valence-electron chi connectivity index (χ0n) is 41.1. The van der Waals surface area contributed by atoms with Gasteiger partial charge in [0.15, 0.2) is 6.29 Å². The Hall–Kier alpha value is -3.41. The lowest BCUT2D eigenvalue weighted by molar-refractivity contribution is -0.302. The average Bonchev–Trinajstić information content (AvgIpc) is 3.32. The lowest BCUT2D eigenvalue weighted by Crippen LogP contribution is -2.60. The summed E-state index contributed by atoms with van der Waals surface area (Å²) in [6.07, 6.45) is 61.2. The smallest absolute Gasteiger partial charge is 0.220 e. The third-order valence-corrected chi connectivity index (χ3v) is 11.3. The molecule has 1 aliphatic rings. The van der Waals surface area contributed by atoms with Crippen molar-refractivity contribution in [1.29, 1.82) is 0 Å². The van der Waals surface area contributed by atoms with E-state index in [2.05, 4.69) is 141 Å². The Morgan fingerprint density at radius 1 is 0.530 bits per heavy atom. The largest absolute Gasteiger partial charge is 0.394 e. The molecule has 1 amide bonds. The van der Waals surface area contributed by atoms with Gasteiger partial charge in [-0.15, -0.1) is 0 Å². The number of carbonyl (C=O) groups excluding carboxylic acids is 1. The Bertz CT molecular complexity index is 1440. The molecule has 1 heterocycles. The molecule has 9 nitrogen and oxygen atoms in total. The van der Waals surface area contributed by atoms with Gasteiger partial charge in [0.05, 0.1) is 25.4 Å². The van der Waals surface area contributed by atoms with Gasteiger partial charge in [-0.25, -0.2) is 0 Å². The van der Waals surface area contributed by atoms with Gasteiger partial charge in [0.2, 0.25) is 5.91 Å². The number of hydrogen-bond donors (Lipinski definition) is 6. The van der Waals surface area contributed by atoms with Gasteiger partial charge < -0.3 is 40.3 Å². The van der Waals surface area contributed by atoms with Gasteiger partial charge in [-0.1, -0.05) is 200 Å². The first kappa shape index (κ1) is 60.6. The van der Waals surface area contributed by atoms with Crippen molar-refractivity contribution in [3.8, 4) is 0 Å². The molecule has 0 aromatic carbocycles. The summed E-state index contributed by atoms with van der Waals surface area (Å²) in [4.78, 5) is 12.9. The van der Waals surface area contributed by atoms with E-state index in [-0.39, 0.29) is 12.5 Å². The Morgan fingerprint density at radius 2 is 0.939 bits per heavy atom. The molecule has 0 bridgehead atoms. The minimum absolute atomic E-state index is 0.154. The molecular formula is C57H93NO8. The second-order valence-electron chi connectivity index (χ2n) is 17.2. The molecule has 0 radical (unpaired) electrons. The summed E-state index contributed by atoms with van der Waals surface area (Å²) in [5.74, 6) is -0.171. The average molecular weight is 920 g/mol. The first-order valence-corrected chi connectivity index (χ1v) is 25.7. The highest BCUT2D eigenvalue weighted by atomic mass is 16.7. The summed E-state index contributed by atoms with van der Waals surface area (Å²) >= 11 is 0. The molecule has 1 aliphatic heterocycles. The molecule has 7 unspecified atom stereocenters. The van der Waals surface area contributed by atoms with Crippen LogP contribution in [0.2, 0.25) is 0 Å². The lowest BCUT2D eigenvalue weighted by Gasteiger charge is -2.40. The van der Waals surface area contributed by atoms with Crippen LogP contribution in [0.1, 0.15) is 174 Å². The number of rotatable bonds is 41. The van der Waals surface area contributed by atoms with Crippen LogP contribution < -0.4 is 5.32 Å². The zero-order chi connectivity index (χ0) is 48.0. The van der Waals surface area contributed by atoms with Crippen molar-refractivity contribution >= 4 is 5.91 Å². The number of unbranched alkanes of at least 4 members (excludes halogenated alkanes) is 11. The van der Waals surface area contributed by atoms with E-state index in [0.29, 0.717) is 12.8 Å². The van der Waals surface area contributed by atoms with E-state index in [1.165, 1.54) is 6.42 Å². The summed E-state index contributed by atoms with van der Waals surface area (Å²) in [5.41, 5.74) is 0. The Balaban J connectivity index is 2.12. The number of aliphatic hydroxyl groups is 5. The van der Waals surface area contributed by atoms with Gasteiger partial charge >= 0.3 is 0 Å². The maximum Gasteiger partial charge on any atom is 0.220 e. The van der Waals surface area contributed by atoms with Crippen LogP contribution in [0.25, 0.3) is 0 Å². The third kappa shape index (κ3) is 34.8. The number of amides is 1. The van der Waals surface area contributed by atoms with E-state index in [1.807, 2.05) is 0 Å². The number of aliphatic hydroxyl groups excluding tert-OH is 5. The van der Waals surface area contributed by atoms with Crippen LogP contribution >= 0.6 is 0 Å². The highest BCUT2D eigenvalue weighted by Crippen LogP contribution is 2.23. The van der Waals surface area contributed by atoms with Crippen LogP contribution in [0.5, 0.6) is 0 Å². The van der Waals surface area contributed by atoms with Crippen molar-refractivity contribution in [2.45, 2.75) is 217 Å². The quantitative estimate of drug-likeness (QED) is 0.0262. The number of nitrogens with one attached hydrogen (secondary N) is 1. The van der Waals surface area contributed by atoms with Gasteiger partial charge in [-0.2, -0.15) is 0 Å². The van der Waals surface area contributed by atoms with Gasteiger partial charge in [0, 0.05) is 6.42 Å². The molecule has 1 rings (SSSR count). The fraction of sp³-hybridized carbons (Fsp3) is 0.632. The van der Waals surface area contributed by atoms with Gasteiger partial charge in [0.25, 0.3) is 0 Å². The molecule has 9 heteroatoms. The first-order chi connectivity index (χ1) is 32.3. The van der Waals surface area contributed by atoms with Crippen LogP contribution in [0.3, 0.4) is 0 Å². The number of hydrogen-bond acceptors (Lipinski definition) is 8. The van der Waals surface area contributed by atoms with Crippen molar-refractivity contribution in [2.75, 3.05) is 13.2 Å². The fourth-order valence-corrected chi connectivity index (χ4v) is 7.25. The molecule has 7 atom stereocenters. The highest BCUT2D eigenvalue weighted by Gasteiger charge is 2.44. The minimum Gasteiger partial charge on any atom is -0.394 e. The standard InChI is InChI=1S/C57H93NO8/c1-3-5-7-9-11-12-13-14-15-16-17-18-19-20-21-22-23-24-25-26-27-28-29-30-31-32-33-34-35-36-37-38-39-40-41-43-45-47-53(61)58-50(51(60)46-44-42-10-8-6-4-2)49-65-57-56(64)55(63)54(62)52(48-59)66-57/h5,7,11-12,14-15,17-18,20-21,23-24,26-27,29-30,32-33,35-36,50-52,54-57,59-60,62-64H,3-4,6,8-10,13,16,19,22,25,28,31,34,37-49H2,1-2H3,(H,58,61)/b7-5-,12-11-,15-14-,18-17-,21-20-,24-23-,27-26-,30-29-,33-32-,36-35-. The third-order valence-electron chi connectivity index (χ3n) is 11.3. The topological polar surface area (TPSA) is 149 Å². The van der Waals surface area contributed by atoms with Gasteiger partial charge in [-0.3, -0.25) is 4.79 Å². The molecule has 6 N–H and O–H groups in total. The molecule has 0 aromatic heterocycles. The lowest BCUT2D eigenvalue weighted by atomic mass is 9.99. The molecule has 1 saturated heterocycles. The second-order valence-corrected chi connectivity index (χ2v) is 17.2. The molecular weight excluding hydrogens is 827 g/mol. The molecule has 0 spiro atoms. The summed E-state index contributed by atoms with van der Waals surface area (Å²) in [6, 6.07) is -0.732. The second kappa shape index (κ2) is 45.4. The molecule has 0 aliphatic carbocycles. The van der Waals surface area contributed by atoms with Crippen LogP contribution in [-0.4, -0.2) is 87.5 Å². The molecule has 374 valence electrons. The molecule has 0 aromatic rings. The highest BCUT2D eigenvalue weighted by molar-refractivity contribution is 5.76. The van der Waals surface area contributed by atoms with Crippen molar-refractivity contribution in [1.82, 2.24) is 5.32 Å². The van der Waals surface area contributed by atoms with E-state index in [0.717, 1.165) is 141 Å². The number of carbonyl (C=O) groups is 1. The summed E-state index contributed by atoms with van der Waals surface area (Å²) in [7, 11) is 0. The summed E-state index contributed by atoms with van der Waals surface area (Å²) in [6.45, 7) is 3.61. The predicted octanol–water partition coefficient (Wildman–Crippen LogP) is 12.0. The van der Waals surface area contributed by atoms with Crippen LogP contribution in [0, 0.1) is 0 Å². The molecule has 0 saturated carbocycles. The van der Waals surface area contributed by atoms with E-state index in [1.54, 1.807) is 0 Å². The fourth-order valence-electron chi connectivity index (χ4n) is 7.25. The van der Waals surface area contributed by atoms with Gasteiger partial charge in [0.1, 0.15) is 24.4 Å². The van der Waals surface area contributed by atoms with Crippen molar-refractivity contribution in [3.05, 3.63) is 122 Å². The Labute approximate surface area is 401 Å². The van der Waals surface area contributed by atoms with Crippen LogP contribution in [0.4, 0.5) is 0 Å². The maximum atomic E-state index is 12.9. The molecule has 1 fully saturated rings. The Morgan fingerprint density at radius 3 is 1.39 bits per heavy atom. The summed E-state index contributed by atoms with van der Waals surface area (Å²) in [5, 5.41) is 54.0.